The first-order valence-electron chi connectivity index (χ1n) is 6.51. The van der Waals surface area contributed by atoms with E-state index in [2.05, 4.69) is 5.10 Å². The molecule has 18 heavy (non-hydrogen) atoms. The van der Waals surface area contributed by atoms with E-state index in [1.807, 2.05) is 27.7 Å². The van der Waals surface area contributed by atoms with Crippen molar-refractivity contribution < 1.29 is 13.5 Å². The van der Waals surface area contributed by atoms with Crippen LogP contribution in [0.15, 0.2) is 6.07 Å². The Kier molecular flexibility index (Phi) is 7.75. The molecule has 0 amide bonds. The lowest BCUT2D eigenvalue weighted by atomic mass is 10.2. The average molecular weight is 262 g/mol. The predicted molar refractivity (Wildman–Crippen MR) is 68.8 cm³/mol. The van der Waals surface area contributed by atoms with Gasteiger partial charge in [0.15, 0.2) is 0 Å². The van der Waals surface area contributed by atoms with Gasteiger partial charge in [-0.15, -0.1) is 0 Å². The molecule has 0 saturated heterocycles. The molecule has 0 aromatic carbocycles. The van der Waals surface area contributed by atoms with Gasteiger partial charge in [0.25, 0.3) is 5.92 Å². The van der Waals surface area contributed by atoms with Gasteiger partial charge >= 0.3 is 0 Å². The summed E-state index contributed by atoms with van der Waals surface area (Å²) in [5.41, 5.74) is 0.511. The Labute approximate surface area is 108 Å². The second-order valence-corrected chi connectivity index (χ2v) is 3.78. The molecule has 0 radical (unpaired) electrons. The molecule has 0 bridgehead atoms. The molecule has 0 aliphatic heterocycles. The maximum absolute atomic E-state index is 13.1. The highest BCUT2D eigenvalue weighted by Gasteiger charge is 2.28. The van der Waals surface area contributed by atoms with Crippen molar-refractivity contribution in [2.75, 3.05) is 6.61 Å². The normalized spacial score (nSPS) is 11.1. The monoisotopic (exact) mass is 262 g/mol. The third-order valence-corrected chi connectivity index (χ3v) is 2.21. The second-order valence-electron chi connectivity index (χ2n) is 3.78. The molecule has 1 heterocycles. The zero-order valence-electron chi connectivity index (χ0n) is 12.0. The van der Waals surface area contributed by atoms with E-state index in [9.17, 15) is 8.78 Å². The summed E-state index contributed by atoms with van der Waals surface area (Å²) in [6, 6.07) is 1.42. The zero-order chi connectivity index (χ0) is 14.2. The van der Waals surface area contributed by atoms with Crippen LogP contribution < -0.4 is 0 Å². The molecule has 0 spiro atoms. The summed E-state index contributed by atoms with van der Waals surface area (Å²) >= 11 is 0. The van der Waals surface area contributed by atoms with Gasteiger partial charge in [-0.05, 0) is 19.4 Å². The summed E-state index contributed by atoms with van der Waals surface area (Å²) in [5, 5.41) is 3.87. The van der Waals surface area contributed by atoms with Crippen molar-refractivity contribution in [2.45, 2.75) is 60.1 Å². The van der Waals surface area contributed by atoms with Gasteiger partial charge in [-0.1, -0.05) is 20.8 Å². The van der Waals surface area contributed by atoms with Crippen LogP contribution in [0.1, 0.15) is 52.4 Å². The van der Waals surface area contributed by atoms with Crippen molar-refractivity contribution in [1.29, 1.82) is 0 Å². The quantitative estimate of drug-likeness (QED) is 0.725. The third kappa shape index (κ3) is 5.12. The minimum atomic E-state index is -2.89. The number of aromatic nitrogens is 2. The van der Waals surface area contributed by atoms with Crippen LogP contribution in [0.4, 0.5) is 8.78 Å². The highest BCUT2D eigenvalue weighted by atomic mass is 19.3. The van der Waals surface area contributed by atoms with Crippen LogP contribution in [-0.4, -0.2) is 16.4 Å². The van der Waals surface area contributed by atoms with Crippen LogP contribution in [-0.2, 0) is 23.8 Å². The van der Waals surface area contributed by atoms with Gasteiger partial charge in [0.2, 0.25) is 0 Å². The first-order chi connectivity index (χ1) is 8.49. The molecule has 106 valence electrons. The van der Waals surface area contributed by atoms with Crippen LogP contribution in [0, 0.1) is 0 Å². The average Bonchev–Trinajstić information content (AvgIpc) is 2.75. The lowest BCUT2D eigenvalue weighted by Crippen LogP contribution is -2.09. The summed E-state index contributed by atoms with van der Waals surface area (Å²) in [5.74, 6) is -2.89. The Morgan fingerprint density at radius 2 is 1.94 bits per heavy atom. The molecule has 0 saturated carbocycles. The number of nitrogens with zero attached hydrogens (tertiary/aromatic N) is 2. The minimum Gasteiger partial charge on any atom is -0.375 e. The zero-order valence-corrected chi connectivity index (χ0v) is 12.0. The molecule has 0 atom stereocenters. The Morgan fingerprint density at radius 3 is 2.39 bits per heavy atom. The first kappa shape index (κ1) is 17.0. The first-order valence-corrected chi connectivity index (χ1v) is 6.51. The Balaban J connectivity index is 0.00000137. The molecule has 1 rings (SSSR count). The number of aryl methyl sites for hydroxylation is 1. The summed E-state index contributed by atoms with van der Waals surface area (Å²) < 4.78 is 33.0. The summed E-state index contributed by atoms with van der Waals surface area (Å²) in [6.45, 7) is 10.3. The van der Waals surface area contributed by atoms with E-state index in [4.69, 9.17) is 4.74 Å². The number of hydrogen-bond donors (Lipinski definition) is 0. The topological polar surface area (TPSA) is 27.1 Å². The van der Waals surface area contributed by atoms with Crippen molar-refractivity contribution in [3.05, 3.63) is 17.5 Å². The molecule has 0 aliphatic rings. The van der Waals surface area contributed by atoms with E-state index in [1.54, 1.807) is 4.68 Å². The molecule has 5 heteroatoms. The van der Waals surface area contributed by atoms with Crippen molar-refractivity contribution >= 4 is 0 Å². The summed E-state index contributed by atoms with van der Waals surface area (Å²) in [4.78, 5) is 0. The molecule has 3 nitrogen and oxygen atoms in total. The van der Waals surface area contributed by atoms with E-state index in [0.717, 1.165) is 13.3 Å². The molecule has 0 N–H and O–H groups in total. The number of halogens is 2. The van der Waals surface area contributed by atoms with E-state index in [0.29, 0.717) is 25.5 Å². The van der Waals surface area contributed by atoms with Crippen molar-refractivity contribution in [1.82, 2.24) is 9.78 Å². The maximum Gasteiger partial charge on any atom is 0.288 e. The molecule has 0 fully saturated rings. The third-order valence-electron chi connectivity index (χ3n) is 2.21. The molecule has 0 aliphatic carbocycles. The van der Waals surface area contributed by atoms with Gasteiger partial charge < -0.3 is 4.74 Å². The largest absolute Gasteiger partial charge is 0.375 e. The molecule has 1 aromatic rings. The van der Waals surface area contributed by atoms with Gasteiger partial charge in [0.1, 0.15) is 5.69 Å². The van der Waals surface area contributed by atoms with E-state index < -0.39 is 5.92 Å². The summed E-state index contributed by atoms with van der Waals surface area (Å²) in [6.07, 6.45) is 0.914. The molecular formula is C13H24F2N2O. The van der Waals surface area contributed by atoms with Crippen molar-refractivity contribution in [2.24, 2.45) is 0 Å². The highest BCUT2D eigenvalue weighted by molar-refractivity contribution is 5.13. The number of hydrogen-bond acceptors (Lipinski definition) is 2. The summed E-state index contributed by atoms with van der Waals surface area (Å²) in [7, 11) is 0. The standard InChI is InChI=1S/C11H18F2N2O.C2H6/c1-4-6-16-8-9-7-10(11(3,12)13)14-15(9)5-2;1-2/h7H,4-6,8H2,1-3H3;1-2H3. The predicted octanol–water partition coefficient (Wildman–Crippen LogP) is 3.97. The van der Waals surface area contributed by atoms with Gasteiger partial charge in [0, 0.05) is 20.1 Å². The fourth-order valence-corrected chi connectivity index (χ4v) is 1.38. The molecular weight excluding hydrogens is 238 g/mol. The molecule has 0 unspecified atom stereocenters. The number of alkyl halides is 2. The Bertz CT molecular complexity index is 332. The van der Waals surface area contributed by atoms with Gasteiger partial charge in [-0.3, -0.25) is 4.68 Å². The fraction of sp³-hybridized carbons (Fsp3) is 0.769. The van der Waals surface area contributed by atoms with Crippen molar-refractivity contribution in [3.63, 3.8) is 0 Å². The van der Waals surface area contributed by atoms with Crippen molar-refractivity contribution in [3.8, 4) is 0 Å². The number of rotatable bonds is 6. The lowest BCUT2D eigenvalue weighted by Gasteiger charge is -2.05. The van der Waals surface area contributed by atoms with Crippen LogP contribution >= 0.6 is 0 Å². The Hall–Kier alpha value is -0.970. The van der Waals surface area contributed by atoms with Crippen LogP contribution in [0.25, 0.3) is 0 Å². The van der Waals surface area contributed by atoms with Crippen LogP contribution in [0.2, 0.25) is 0 Å². The fourth-order valence-electron chi connectivity index (χ4n) is 1.38. The minimum absolute atomic E-state index is 0.190. The number of ether oxygens (including phenoxy) is 1. The second kappa shape index (κ2) is 8.19. The van der Waals surface area contributed by atoms with E-state index in [-0.39, 0.29) is 5.69 Å². The van der Waals surface area contributed by atoms with Crippen LogP contribution in [0.5, 0.6) is 0 Å². The molecule has 1 aromatic heterocycles. The van der Waals surface area contributed by atoms with E-state index in [1.165, 1.54) is 6.07 Å². The lowest BCUT2D eigenvalue weighted by molar-refractivity contribution is 0.0121. The van der Waals surface area contributed by atoms with Gasteiger partial charge in [-0.25, -0.2) is 0 Å². The van der Waals surface area contributed by atoms with Gasteiger partial charge in [0.05, 0.1) is 12.3 Å². The maximum atomic E-state index is 13.1. The van der Waals surface area contributed by atoms with E-state index >= 15 is 0 Å². The van der Waals surface area contributed by atoms with Crippen LogP contribution in [0.3, 0.4) is 0 Å². The Morgan fingerprint density at radius 1 is 1.33 bits per heavy atom. The smallest absolute Gasteiger partial charge is 0.288 e. The highest BCUT2D eigenvalue weighted by Crippen LogP contribution is 2.26. The van der Waals surface area contributed by atoms with Gasteiger partial charge in [-0.2, -0.15) is 13.9 Å². The SMILES string of the molecule is CC.CCCOCc1cc(C(C)(F)F)nn1CC.